The maximum atomic E-state index is 13.7. The number of nitro groups is 1. The molecule has 5 rings (SSSR count). The van der Waals surface area contributed by atoms with Crippen molar-refractivity contribution in [3.05, 3.63) is 80.7 Å². The number of phenolic OH excluding ortho intramolecular Hbond substituents is 1. The first-order valence-electron chi connectivity index (χ1n) is 12.8. The van der Waals surface area contributed by atoms with Crippen LogP contribution in [0, 0.1) is 33.7 Å². The number of non-ortho nitro benzene ring substituents is 1. The molecule has 4 atom stereocenters. The number of phenols is 1. The van der Waals surface area contributed by atoms with Gasteiger partial charge in [0.05, 0.1) is 41.8 Å². The molecular formula is C29H29FN2O7. The molecule has 2 aromatic carbocycles. The predicted molar refractivity (Wildman–Crippen MR) is 140 cm³/mol. The van der Waals surface area contributed by atoms with Gasteiger partial charge < -0.3 is 14.6 Å². The van der Waals surface area contributed by atoms with Crippen molar-refractivity contribution in [2.24, 2.45) is 17.8 Å². The van der Waals surface area contributed by atoms with Crippen LogP contribution in [0.3, 0.4) is 0 Å². The topological polar surface area (TPSA) is 119 Å². The SMILES string of the molecule is COCC1=C2[C@@H](CC/C(C)=C/c3ccc(O)c(F)c3)OC[C@@H]2[C@@H]2C(=O)N(c3cccc([N+](=O)[O-])c3)C(=O)[C@@H]2C1. The van der Waals surface area contributed by atoms with Gasteiger partial charge in [-0.1, -0.05) is 23.8 Å². The molecule has 2 heterocycles. The van der Waals surface area contributed by atoms with Crippen molar-refractivity contribution >= 4 is 29.3 Å². The van der Waals surface area contributed by atoms with Gasteiger partial charge in [-0.25, -0.2) is 9.29 Å². The Morgan fingerprint density at radius 2 is 2.03 bits per heavy atom. The molecule has 1 N–H and O–H groups in total. The Kier molecular flexibility index (Phi) is 7.33. The van der Waals surface area contributed by atoms with E-state index >= 15 is 0 Å². The summed E-state index contributed by atoms with van der Waals surface area (Å²) < 4.78 is 25.4. The van der Waals surface area contributed by atoms with Gasteiger partial charge in [0.15, 0.2) is 11.6 Å². The van der Waals surface area contributed by atoms with Gasteiger partial charge in [0.2, 0.25) is 11.8 Å². The van der Waals surface area contributed by atoms with E-state index in [1.807, 2.05) is 13.0 Å². The van der Waals surface area contributed by atoms with Gasteiger partial charge >= 0.3 is 0 Å². The summed E-state index contributed by atoms with van der Waals surface area (Å²) in [5.41, 5.74) is 3.61. The van der Waals surface area contributed by atoms with Crippen molar-refractivity contribution < 1.29 is 33.5 Å². The summed E-state index contributed by atoms with van der Waals surface area (Å²) in [5.74, 6) is -3.26. The number of aromatic hydroxyl groups is 1. The standard InChI is InChI=1S/C29H29FN2O7/c1-16(10-17-7-8-24(33)23(30)11-17)6-9-25-26-18(14-38-2)12-21-27(22(26)15-39-25)29(35)31(28(21)34)19-4-3-5-20(13-19)32(36)37/h3-5,7-8,10-11,13,21-22,25,27,33H,6,9,12,14-15H2,1-2H3/b16-10+/t21-,22+,25-,27-/m1/s1. The van der Waals surface area contributed by atoms with E-state index in [1.54, 1.807) is 13.2 Å². The van der Waals surface area contributed by atoms with Gasteiger partial charge in [-0.2, -0.15) is 0 Å². The maximum Gasteiger partial charge on any atom is 0.271 e. The van der Waals surface area contributed by atoms with Crippen LogP contribution in [0.5, 0.6) is 5.75 Å². The van der Waals surface area contributed by atoms with E-state index in [-0.39, 0.29) is 35.2 Å². The van der Waals surface area contributed by atoms with Crippen molar-refractivity contribution in [1.29, 1.82) is 0 Å². The van der Waals surface area contributed by atoms with E-state index in [0.717, 1.165) is 21.6 Å². The number of nitrogens with zero attached hydrogens (tertiary/aromatic N) is 2. The minimum Gasteiger partial charge on any atom is -0.505 e. The van der Waals surface area contributed by atoms with Gasteiger partial charge in [0.25, 0.3) is 5.69 Å². The monoisotopic (exact) mass is 536 g/mol. The lowest BCUT2D eigenvalue weighted by molar-refractivity contribution is -0.384. The number of halogens is 1. The second kappa shape index (κ2) is 10.7. The fraction of sp³-hybridized carbons (Fsp3) is 0.379. The summed E-state index contributed by atoms with van der Waals surface area (Å²) in [6.07, 6.45) is 3.25. The maximum absolute atomic E-state index is 13.7. The molecule has 2 aromatic rings. The number of imide groups is 1. The number of nitro benzene ring substituents is 1. The number of methoxy groups -OCH3 is 1. The molecule has 1 aliphatic carbocycles. The highest BCUT2D eigenvalue weighted by Gasteiger charge is 2.57. The first-order valence-corrected chi connectivity index (χ1v) is 12.8. The summed E-state index contributed by atoms with van der Waals surface area (Å²) in [6.45, 7) is 2.55. The number of allylic oxidation sites excluding steroid dienone is 1. The largest absolute Gasteiger partial charge is 0.505 e. The molecule has 0 radical (unpaired) electrons. The van der Waals surface area contributed by atoms with E-state index in [2.05, 4.69) is 0 Å². The number of ether oxygens (including phenoxy) is 2. The summed E-state index contributed by atoms with van der Waals surface area (Å²) in [6, 6.07) is 9.80. The lowest BCUT2D eigenvalue weighted by Gasteiger charge is -2.31. The molecule has 0 unspecified atom stereocenters. The number of fused-ring (bicyclic) bond motifs is 3. The number of anilines is 1. The number of rotatable bonds is 8. The Hall–Kier alpha value is -3.89. The number of benzene rings is 2. The Labute approximate surface area is 224 Å². The molecular weight excluding hydrogens is 507 g/mol. The fourth-order valence-corrected chi connectivity index (χ4v) is 6.11. The number of hydrogen-bond donors (Lipinski definition) is 1. The van der Waals surface area contributed by atoms with Crippen molar-refractivity contribution in [1.82, 2.24) is 0 Å². The van der Waals surface area contributed by atoms with E-state index < -0.39 is 28.3 Å². The van der Waals surface area contributed by atoms with Crippen LogP contribution >= 0.6 is 0 Å². The van der Waals surface area contributed by atoms with Crippen LogP contribution in [-0.4, -0.2) is 48.3 Å². The molecule has 204 valence electrons. The molecule has 39 heavy (non-hydrogen) atoms. The van der Waals surface area contributed by atoms with Crippen molar-refractivity contribution in [3.8, 4) is 5.75 Å². The number of carbonyl (C=O) groups is 2. The summed E-state index contributed by atoms with van der Waals surface area (Å²) >= 11 is 0. The molecule has 2 aliphatic heterocycles. The fourth-order valence-electron chi connectivity index (χ4n) is 6.11. The highest BCUT2D eigenvalue weighted by molar-refractivity contribution is 6.22. The minimum absolute atomic E-state index is 0.190. The lowest BCUT2D eigenvalue weighted by Crippen LogP contribution is -2.35. The Morgan fingerprint density at radius 1 is 1.23 bits per heavy atom. The summed E-state index contributed by atoms with van der Waals surface area (Å²) in [5, 5.41) is 20.7. The predicted octanol–water partition coefficient (Wildman–Crippen LogP) is 4.79. The molecule has 10 heteroatoms. The lowest BCUT2D eigenvalue weighted by atomic mass is 9.69. The highest BCUT2D eigenvalue weighted by atomic mass is 19.1. The summed E-state index contributed by atoms with van der Waals surface area (Å²) in [7, 11) is 1.58. The Balaban J connectivity index is 1.37. The van der Waals surface area contributed by atoms with Gasteiger partial charge in [-0.3, -0.25) is 19.7 Å². The Bertz CT molecular complexity index is 1400. The quantitative estimate of drug-likeness (QED) is 0.223. The van der Waals surface area contributed by atoms with Crippen molar-refractivity contribution in [2.75, 3.05) is 25.2 Å². The van der Waals surface area contributed by atoms with Crippen LogP contribution in [-0.2, 0) is 19.1 Å². The van der Waals surface area contributed by atoms with E-state index in [1.165, 1.54) is 36.4 Å². The average molecular weight is 537 g/mol. The molecule has 0 spiro atoms. The molecule has 9 nitrogen and oxygen atoms in total. The van der Waals surface area contributed by atoms with E-state index in [0.29, 0.717) is 38.0 Å². The van der Waals surface area contributed by atoms with Crippen molar-refractivity contribution in [3.63, 3.8) is 0 Å². The molecule has 2 saturated heterocycles. The first-order chi connectivity index (χ1) is 18.7. The van der Waals surface area contributed by atoms with E-state index in [9.17, 15) is 29.2 Å². The third kappa shape index (κ3) is 4.97. The zero-order valence-corrected chi connectivity index (χ0v) is 21.6. The van der Waals surface area contributed by atoms with Gasteiger partial charge in [-0.05, 0) is 61.1 Å². The van der Waals surface area contributed by atoms with Gasteiger partial charge in [0, 0.05) is 25.2 Å². The first kappa shape index (κ1) is 26.7. The number of amides is 2. The molecule has 2 amide bonds. The zero-order chi connectivity index (χ0) is 27.8. The molecule has 0 saturated carbocycles. The van der Waals surface area contributed by atoms with Crippen molar-refractivity contribution in [2.45, 2.75) is 32.3 Å². The third-order valence-corrected chi connectivity index (χ3v) is 7.81. The minimum atomic E-state index is -0.681. The van der Waals surface area contributed by atoms with Crippen LogP contribution in [0.15, 0.2) is 59.2 Å². The van der Waals surface area contributed by atoms with Crippen LogP contribution < -0.4 is 4.90 Å². The van der Waals surface area contributed by atoms with Gasteiger partial charge in [-0.15, -0.1) is 0 Å². The van der Waals surface area contributed by atoms with Gasteiger partial charge in [0.1, 0.15) is 0 Å². The molecule has 0 bridgehead atoms. The number of hydrogen-bond acceptors (Lipinski definition) is 7. The molecule has 3 aliphatic rings. The number of carbonyl (C=O) groups excluding carboxylic acids is 2. The van der Waals surface area contributed by atoms with E-state index in [4.69, 9.17) is 9.47 Å². The smallest absolute Gasteiger partial charge is 0.271 e. The van der Waals surface area contributed by atoms with Crippen LogP contribution in [0.25, 0.3) is 6.08 Å². The third-order valence-electron chi connectivity index (χ3n) is 7.81. The molecule has 2 fully saturated rings. The van der Waals surface area contributed by atoms with Crippen LogP contribution in [0.2, 0.25) is 0 Å². The molecule has 0 aromatic heterocycles. The normalized spacial score (nSPS) is 24.8. The van der Waals surface area contributed by atoms with Crippen LogP contribution in [0.4, 0.5) is 15.8 Å². The second-order valence-corrected chi connectivity index (χ2v) is 10.3. The summed E-state index contributed by atoms with van der Waals surface area (Å²) in [4.78, 5) is 38.9. The second-order valence-electron chi connectivity index (χ2n) is 10.3. The Morgan fingerprint density at radius 3 is 2.74 bits per heavy atom. The highest BCUT2D eigenvalue weighted by Crippen LogP contribution is 2.50. The van der Waals surface area contributed by atoms with Crippen LogP contribution in [0.1, 0.15) is 31.7 Å². The zero-order valence-electron chi connectivity index (χ0n) is 21.6. The average Bonchev–Trinajstić information content (AvgIpc) is 3.44.